The lowest BCUT2D eigenvalue weighted by atomic mass is 9.97. The van der Waals surface area contributed by atoms with Crippen LogP contribution in [0.5, 0.6) is 0 Å². The molecule has 0 spiro atoms. The largest absolute Gasteiger partial charge is 0.353 e. The van der Waals surface area contributed by atoms with Gasteiger partial charge in [-0.25, -0.2) is 8.42 Å². The summed E-state index contributed by atoms with van der Waals surface area (Å²) in [5.41, 5.74) is 0.708. The first-order valence-corrected chi connectivity index (χ1v) is 12.1. The Kier molecular flexibility index (Phi) is 6.19. The van der Waals surface area contributed by atoms with E-state index in [1.54, 1.807) is 24.3 Å². The number of benzene rings is 1. The van der Waals surface area contributed by atoms with E-state index in [2.05, 4.69) is 15.5 Å². The molecule has 2 heterocycles. The Bertz CT molecular complexity index is 973. The molecule has 30 heavy (non-hydrogen) atoms. The standard InChI is InChI=1S/C21H28N4O4S/c1-2-19-23-20(24-29-19)15-7-9-18(10-8-15)30(27,28)25-13-11-16(12-14-25)21(26)22-17-5-3-4-6-17/h7-10,16-17H,2-6,11-14H2,1H3,(H,22,26). The van der Waals surface area contributed by atoms with Crippen LogP contribution >= 0.6 is 0 Å². The lowest BCUT2D eigenvalue weighted by molar-refractivity contribution is -0.126. The van der Waals surface area contributed by atoms with Crippen molar-refractivity contribution in [3.8, 4) is 11.4 Å². The van der Waals surface area contributed by atoms with Crippen LogP contribution in [-0.4, -0.2) is 47.9 Å². The van der Waals surface area contributed by atoms with Gasteiger partial charge in [0, 0.05) is 37.0 Å². The lowest BCUT2D eigenvalue weighted by Crippen LogP contribution is -2.44. The fourth-order valence-electron chi connectivity index (χ4n) is 4.19. The molecular weight excluding hydrogens is 404 g/mol. The molecule has 8 nitrogen and oxygen atoms in total. The van der Waals surface area contributed by atoms with Gasteiger partial charge in [0.25, 0.3) is 0 Å². The molecule has 1 saturated heterocycles. The van der Waals surface area contributed by atoms with Crippen LogP contribution in [0.25, 0.3) is 11.4 Å². The van der Waals surface area contributed by atoms with Crippen molar-refractivity contribution in [3.05, 3.63) is 30.2 Å². The Morgan fingerprint density at radius 3 is 2.40 bits per heavy atom. The maximum absolute atomic E-state index is 13.0. The summed E-state index contributed by atoms with van der Waals surface area (Å²) in [5, 5.41) is 7.05. The third kappa shape index (κ3) is 4.41. The van der Waals surface area contributed by atoms with Gasteiger partial charge in [0.2, 0.25) is 27.6 Å². The highest BCUT2D eigenvalue weighted by atomic mass is 32.2. The van der Waals surface area contributed by atoms with Gasteiger partial charge in [0.05, 0.1) is 4.90 Å². The van der Waals surface area contributed by atoms with Gasteiger partial charge in [-0.2, -0.15) is 9.29 Å². The van der Waals surface area contributed by atoms with E-state index in [1.165, 1.54) is 17.1 Å². The number of aromatic nitrogens is 2. The molecule has 9 heteroatoms. The van der Waals surface area contributed by atoms with E-state index in [-0.39, 0.29) is 16.7 Å². The number of aryl methyl sites for hydroxylation is 1. The predicted molar refractivity (Wildman–Crippen MR) is 111 cm³/mol. The van der Waals surface area contributed by atoms with Crippen LogP contribution < -0.4 is 5.32 Å². The van der Waals surface area contributed by atoms with Gasteiger partial charge in [0.15, 0.2) is 0 Å². The van der Waals surface area contributed by atoms with Crippen molar-refractivity contribution in [2.45, 2.75) is 62.8 Å². The molecule has 162 valence electrons. The number of amides is 1. The molecule has 0 unspecified atom stereocenters. The molecule has 2 fully saturated rings. The summed E-state index contributed by atoms with van der Waals surface area (Å²) < 4.78 is 32.6. The number of hydrogen-bond donors (Lipinski definition) is 1. The molecule has 0 atom stereocenters. The fourth-order valence-corrected chi connectivity index (χ4v) is 5.66. The molecule has 1 aliphatic carbocycles. The second-order valence-electron chi connectivity index (χ2n) is 8.06. The second kappa shape index (κ2) is 8.85. The first kappa shape index (κ1) is 21.0. The van der Waals surface area contributed by atoms with Gasteiger partial charge in [-0.1, -0.05) is 24.9 Å². The zero-order valence-corrected chi connectivity index (χ0v) is 18.0. The molecule has 4 rings (SSSR count). The average molecular weight is 433 g/mol. The van der Waals surface area contributed by atoms with Gasteiger partial charge in [-0.05, 0) is 49.9 Å². The Hall–Kier alpha value is -2.26. The fraction of sp³-hybridized carbons (Fsp3) is 0.571. The summed E-state index contributed by atoms with van der Waals surface area (Å²) >= 11 is 0. The van der Waals surface area contributed by atoms with E-state index in [1.807, 2.05) is 6.92 Å². The normalized spacial score (nSPS) is 19.2. The number of sulfonamides is 1. The number of hydrogen-bond acceptors (Lipinski definition) is 6. The van der Waals surface area contributed by atoms with E-state index in [9.17, 15) is 13.2 Å². The van der Waals surface area contributed by atoms with E-state index >= 15 is 0 Å². The second-order valence-corrected chi connectivity index (χ2v) is 10.00. The molecule has 1 saturated carbocycles. The molecule has 1 aromatic heterocycles. The van der Waals surface area contributed by atoms with Gasteiger partial charge < -0.3 is 9.84 Å². The lowest BCUT2D eigenvalue weighted by Gasteiger charge is -2.31. The molecule has 2 aromatic rings. The zero-order chi connectivity index (χ0) is 21.1. The highest BCUT2D eigenvalue weighted by Crippen LogP contribution is 2.26. The van der Waals surface area contributed by atoms with Gasteiger partial charge in [0.1, 0.15) is 0 Å². The summed E-state index contributed by atoms with van der Waals surface area (Å²) in [7, 11) is -3.59. The van der Waals surface area contributed by atoms with Crippen molar-refractivity contribution in [2.24, 2.45) is 5.92 Å². The minimum atomic E-state index is -3.59. The molecule has 1 aromatic carbocycles. The number of piperidine rings is 1. The van der Waals surface area contributed by atoms with Crippen LogP contribution in [0.1, 0.15) is 51.3 Å². The minimum absolute atomic E-state index is 0.0786. The molecule has 1 amide bonds. The van der Waals surface area contributed by atoms with Crippen molar-refractivity contribution in [1.82, 2.24) is 19.8 Å². The van der Waals surface area contributed by atoms with Crippen LogP contribution in [0.15, 0.2) is 33.7 Å². The summed E-state index contributed by atoms with van der Waals surface area (Å²) in [6.45, 7) is 2.64. The molecule has 2 aliphatic rings. The predicted octanol–water partition coefficient (Wildman–Crippen LogP) is 2.76. The van der Waals surface area contributed by atoms with Gasteiger partial charge in [-0.15, -0.1) is 0 Å². The van der Waals surface area contributed by atoms with Crippen LogP contribution in [0, 0.1) is 5.92 Å². The average Bonchev–Trinajstić information content (AvgIpc) is 3.46. The number of nitrogens with zero attached hydrogens (tertiary/aromatic N) is 3. The molecular formula is C21H28N4O4S. The van der Waals surface area contributed by atoms with Crippen LogP contribution in [0.3, 0.4) is 0 Å². The molecule has 0 bridgehead atoms. The van der Waals surface area contributed by atoms with Crippen LogP contribution in [0.2, 0.25) is 0 Å². The van der Waals surface area contributed by atoms with Crippen molar-refractivity contribution < 1.29 is 17.7 Å². The topological polar surface area (TPSA) is 105 Å². The molecule has 0 radical (unpaired) electrons. The minimum Gasteiger partial charge on any atom is -0.353 e. The van der Waals surface area contributed by atoms with E-state index in [0.717, 1.165) is 12.8 Å². The third-order valence-electron chi connectivity index (χ3n) is 6.05. The highest BCUT2D eigenvalue weighted by molar-refractivity contribution is 7.89. The Labute approximate surface area is 177 Å². The van der Waals surface area contributed by atoms with E-state index < -0.39 is 10.0 Å². The van der Waals surface area contributed by atoms with Gasteiger partial charge >= 0.3 is 0 Å². The maximum atomic E-state index is 13.0. The van der Waals surface area contributed by atoms with Crippen molar-refractivity contribution in [3.63, 3.8) is 0 Å². The number of rotatable bonds is 6. The summed E-state index contributed by atoms with van der Waals surface area (Å²) in [6, 6.07) is 6.83. The quantitative estimate of drug-likeness (QED) is 0.752. The van der Waals surface area contributed by atoms with E-state index in [4.69, 9.17) is 4.52 Å². The molecule has 1 N–H and O–H groups in total. The Balaban J connectivity index is 1.37. The van der Waals surface area contributed by atoms with Crippen molar-refractivity contribution >= 4 is 15.9 Å². The number of carbonyl (C=O) groups is 1. The van der Waals surface area contributed by atoms with Crippen LogP contribution in [-0.2, 0) is 21.2 Å². The highest BCUT2D eigenvalue weighted by Gasteiger charge is 2.33. The summed E-state index contributed by atoms with van der Waals surface area (Å²) in [6.07, 6.45) is 6.21. The Morgan fingerprint density at radius 2 is 1.80 bits per heavy atom. The van der Waals surface area contributed by atoms with Crippen molar-refractivity contribution in [1.29, 1.82) is 0 Å². The third-order valence-corrected chi connectivity index (χ3v) is 7.96. The monoisotopic (exact) mass is 432 g/mol. The smallest absolute Gasteiger partial charge is 0.243 e. The SMILES string of the molecule is CCc1nc(-c2ccc(S(=O)(=O)N3CCC(C(=O)NC4CCCC4)CC3)cc2)no1. The number of carbonyl (C=O) groups excluding carboxylic acids is 1. The van der Waals surface area contributed by atoms with E-state index in [0.29, 0.717) is 55.7 Å². The first-order valence-electron chi connectivity index (χ1n) is 10.7. The Morgan fingerprint density at radius 1 is 1.13 bits per heavy atom. The maximum Gasteiger partial charge on any atom is 0.243 e. The zero-order valence-electron chi connectivity index (χ0n) is 17.2. The van der Waals surface area contributed by atoms with Crippen molar-refractivity contribution in [2.75, 3.05) is 13.1 Å². The summed E-state index contributed by atoms with van der Waals surface area (Å²) in [4.78, 5) is 17.0. The summed E-state index contributed by atoms with van der Waals surface area (Å²) in [5.74, 6) is 0.965. The number of nitrogens with one attached hydrogen (secondary N) is 1. The van der Waals surface area contributed by atoms with Crippen LogP contribution in [0.4, 0.5) is 0 Å². The first-order chi connectivity index (χ1) is 14.5. The van der Waals surface area contributed by atoms with Gasteiger partial charge in [-0.3, -0.25) is 4.79 Å². The molecule has 1 aliphatic heterocycles.